The van der Waals surface area contributed by atoms with Crippen LogP contribution in [0, 0.1) is 0 Å². The Hall–Kier alpha value is -1.08. The Labute approximate surface area is 120 Å². The molecule has 0 aliphatic heterocycles. The average molecular weight is 305 g/mol. The summed E-state index contributed by atoms with van der Waals surface area (Å²) < 4.78 is 29.5. The number of rotatable bonds is 7. The van der Waals surface area contributed by atoms with Crippen molar-refractivity contribution in [3.8, 4) is 0 Å². The molecule has 0 saturated heterocycles. The zero-order valence-electron chi connectivity index (χ0n) is 10.9. The SMILES string of the molecule is O=C(c1ccc(CSC(F)F)o1)N(CCO)C1CCC1. The summed E-state index contributed by atoms with van der Waals surface area (Å²) in [6.07, 6.45) is 2.94. The summed E-state index contributed by atoms with van der Waals surface area (Å²) >= 11 is 0.458. The number of furan rings is 1. The predicted octanol–water partition coefficient (Wildman–Crippen LogP) is 2.72. The molecular formula is C13H17F2NO3S. The van der Waals surface area contributed by atoms with E-state index in [4.69, 9.17) is 9.52 Å². The van der Waals surface area contributed by atoms with Crippen LogP contribution in [0.3, 0.4) is 0 Å². The minimum Gasteiger partial charge on any atom is -0.455 e. The van der Waals surface area contributed by atoms with E-state index in [1.807, 2.05) is 0 Å². The monoisotopic (exact) mass is 305 g/mol. The fourth-order valence-corrected chi connectivity index (χ4v) is 2.56. The third-order valence-corrected chi connectivity index (χ3v) is 4.04. The van der Waals surface area contributed by atoms with Crippen molar-refractivity contribution < 1.29 is 23.1 Å². The number of carbonyl (C=O) groups is 1. The zero-order valence-corrected chi connectivity index (χ0v) is 11.7. The number of amides is 1. The highest BCUT2D eigenvalue weighted by molar-refractivity contribution is 7.98. The molecule has 1 aromatic rings. The van der Waals surface area contributed by atoms with E-state index in [1.165, 1.54) is 6.07 Å². The van der Waals surface area contributed by atoms with E-state index in [0.717, 1.165) is 19.3 Å². The molecule has 20 heavy (non-hydrogen) atoms. The first-order valence-corrected chi connectivity index (χ1v) is 7.57. The van der Waals surface area contributed by atoms with Gasteiger partial charge in [0.25, 0.3) is 11.7 Å². The number of thioether (sulfide) groups is 1. The standard InChI is InChI=1S/C13H17F2NO3S/c14-13(15)20-8-10-4-5-11(19-10)12(18)16(6-7-17)9-2-1-3-9/h4-5,9,13,17H,1-3,6-8H2. The predicted molar refractivity (Wildman–Crippen MR) is 71.8 cm³/mol. The van der Waals surface area contributed by atoms with Gasteiger partial charge in [-0.3, -0.25) is 4.79 Å². The molecule has 1 aliphatic rings. The molecule has 0 aromatic carbocycles. The van der Waals surface area contributed by atoms with Crippen molar-refractivity contribution >= 4 is 17.7 Å². The number of halogens is 2. The maximum Gasteiger partial charge on any atom is 0.289 e. The lowest BCUT2D eigenvalue weighted by atomic mass is 9.91. The van der Waals surface area contributed by atoms with Gasteiger partial charge in [0.05, 0.1) is 12.4 Å². The van der Waals surface area contributed by atoms with Crippen molar-refractivity contribution in [1.29, 1.82) is 0 Å². The Balaban J connectivity index is 1.99. The maximum atomic E-state index is 12.3. The van der Waals surface area contributed by atoms with Crippen LogP contribution in [0.5, 0.6) is 0 Å². The maximum absolute atomic E-state index is 12.3. The lowest BCUT2D eigenvalue weighted by Crippen LogP contribution is -2.45. The first-order valence-electron chi connectivity index (χ1n) is 6.52. The van der Waals surface area contributed by atoms with Crippen LogP contribution in [0.4, 0.5) is 8.78 Å². The lowest BCUT2D eigenvalue weighted by molar-refractivity contribution is 0.0493. The van der Waals surface area contributed by atoms with Crippen molar-refractivity contribution in [3.05, 3.63) is 23.7 Å². The molecule has 1 fully saturated rings. The highest BCUT2D eigenvalue weighted by Crippen LogP contribution is 2.27. The molecule has 0 atom stereocenters. The van der Waals surface area contributed by atoms with Crippen LogP contribution in [0.15, 0.2) is 16.5 Å². The Morgan fingerprint density at radius 2 is 2.25 bits per heavy atom. The summed E-state index contributed by atoms with van der Waals surface area (Å²) in [7, 11) is 0. The number of hydrogen-bond donors (Lipinski definition) is 1. The van der Waals surface area contributed by atoms with E-state index in [1.54, 1.807) is 11.0 Å². The number of carbonyl (C=O) groups excluding carboxylic acids is 1. The van der Waals surface area contributed by atoms with E-state index in [2.05, 4.69) is 0 Å². The molecule has 112 valence electrons. The topological polar surface area (TPSA) is 53.7 Å². The molecule has 1 N–H and O–H groups in total. The lowest BCUT2D eigenvalue weighted by Gasteiger charge is -2.36. The van der Waals surface area contributed by atoms with Gasteiger partial charge in [0, 0.05) is 12.6 Å². The van der Waals surface area contributed by atoms with Gasteiger partial charge in [-0.15, -0.1) is 0 Å². The van der Waals surface area contributed by atoms with Crippen LogP contribution in [0.25, 0.3) is 0 Å². The highest BCUT2D eigenvalue weighted by Gasteiger charge is 2.30. The molecule has 4 nitrogen and oxygen atoms in total. The third-order valence-electron chi connectivity index (χ3n) is 3.34. The van der Waals surface area contributed by atoms with Crippen LogP contribution in [0.1, 0.15) is 35.6 Å². The number of alkyl halides is 2. The Morgan fingerprint density at radius 3 is 2.80 bits per heavy atom. The first kappa shape index (κ1) is 15.3. The van der Waals surface area contributed by atoms with Crippen LogP contribution in [-0.4, -0.2) is 40.9 Å². The molecule has 1 aromatic heterocycles. The van der Waals surface area contributed by atoms with Crippen molar-refractivity contribution in [2.45, 2.75) is 36.8 Å². The molecule has 7 heteroatoms. The number of aliphatic hydroxyl groups is 1. The molecule has 1 amide bonds. The Bertz CT molecular complexity index is 449. The van der Waals surface area contributed by atoms with Crippen molar-refractivity contribution in [2.24, 2.45) is 0 Å². The van der Waals surface area contributed by atoms with E-state index in [0.29, 0.717) is 17.5 Å². The third kappa shape index (κ3) is 3.73. The normalized spacial score (nSPS) is 15.4. The van der Waals surface area contributed by atoms with E-state index >= 15 is 0 Å². The van der Waals surface area contributed by atoms with Crippen LogP contribution >= 0.6 is 11.8 Å². The van der Waals surface area contributed by atoms with Crippen LogP contribution < -0.4 is 0 Å². The second kappa shape index (κ2) is 7.08. The van der Waals surface area contributed by atoms with Crippen molar-refractivity contribution in [1.82, 2.24) is 4.90 Å². The van der Waals surface area contributed by atoms with Gasteiger partial charge in [-0.05, 0) is 31.4 Å². The number of aliphatic hydroxyl groups excluding tert-OH is 1. The largest absolute Gasteiger partial charge is 0.455 e. The average Bonchev–Trinajstić information content (AvgIpc) is 2.81. The molecule has 1 saturated carbocycles. The molecule has 1 heterocycles. The van der Waals surface area contributed by atoms with E-state index < -0.39 is 5.76 Å². The fourth-order valence-electron chi connectivity index (χ4n) is 2.11. The van der Waals surface area contributed by atoms with Gasteiger partial charge in [0.2, 0.25) is 0 Å². The van der Waals surface area contributed by atoms with Crippen LogP contribution in [0.2, 0.25) is 0 Å². The first-order chi connectivity index (χ1) is 9.61. The zero-order chi connectivity index (χ0) is 14.5. The fraction of sp³-hybridized carbons (Fsp3) is 0.615. The summed E-state index contributed by atoms with van der Waals surface area (Å²) in [4.78, 5) is 13.9. The van der Waals surface area contributed by atoms with Crippen LogP contribution in [-0.2, 0) is 5.75 Å². The minimum absolute atomic E-state index is 0.0361. The van der Waals surface area contributed by atoms with Gasteiger partial charge in [0.15, 0.2) is 5.76 Å². The molecule has 0 unspecified atom stereocenters. The summed E-state index contributed by atoms with van der Waals surface area (Å²) in [6, 6.07) is 3.20. The van der Waals surface area contributed by atoms with Gasteiger partial charge in [-0.1, -0.05) is 11.8 Å². The molecular weight excluding hydrogens is 288 g/mol. The summed E-state index contributed by atoms with van der Waals surface area (Å²) in [6.45, 7) is 0.169. The number of hydrogen-bond acceptors (Lipinski definition) is 4. The van der Waals surface area contributed by atoms with Gasteiger partial charge < -0.3 is 14.4 Å². The quantitative estimate of drug-likeness (QED) is 0.841. The Kier molecular flexibility index (Phi) is 5.42. The molecule has 0 bridgehead atoms. The van der Waals surface area contributed by atoms with Crippen molar-refractivity contribution in [3.63, 3.8) is 0 Å². The summed E-state index contributed by atoms with van der Waals surface area (Å²) in [5, 5.41) is 9.04. The second-order valence-electron chi connectivity index (χ2n) is 4.64. The molecule has 2 rings (SSSR count). The van der Waals surface area contributed by atoms with Gasteiger partial charge in [0.1, 0.15) is 5.76 Å². The van der Waals surface area contributed by atoms with Crippen molar-refractivity contribution in [2.75, 3.05) is 13.2 Å². The van der Waals surface area contributed by atoms with Gasteiger partial charge in [-0.25, -0.2) is 0 Å². The smallest absolute Gasteiger partial charge is 0.289 e. The second-order valence-corrected chi connectivity index (χ2v) is 5.62. The summed E-state index contributed by atoms with van der Waals surface area (Å²) in [5.74, 6) is -2.20. The van der Waals surface area contributed by atoms with E-state index in [9.17, 15) is 13.6 Å². The summed E-state index contributed by atoms with van der Waals surface area (Å²) in [5.41, 5.74) is 0. The number of nitrogens with zero attached hydrogens (tertiary/aromatic N) is 1. The molecule has 0 radical (unpaired) electrons. The van der Waals surface area contributed by atoms with E-state index in [-0.39, 0.29) is 36.6 Å². The molecule has 1 aliphatic carbocycles. The van der Waals surface area contributed by atoms with Gasteiger partial charge >= 0.3 is 0 Å². The molecule has 0 spiro atoms. The van der Waals surface area contributed by atoms with Gasteiger partial charge in [-0.2, -0.15) is 8.78 Å². The minimum atomic E-state index is -2.46. The Morgan fingerprint density at radius 1 is 1.50 bits per heavy atom. The highest BCUT2D eigenvalue weighted by atomic mass is 32.2.